The molecule has 2 aromatic rings. The van der Waals surface area contributed by atoms with E-state index in [4.69, 9.17) is 10.00 Å². The number of ether oxygens (including phenoxy) is 1. The normalized spacial score (nSPS) is 10.3. The average Bonchev–Trinajstić information content (AvgIpc) is 2.89. The largest absolute Gasteiger partial charge is 0.375 e. The number of carbonyl (C=O) groups excluding carboxylic acids is 2. The van der Waals surface area contributed by atoms with Crippen LogP contribution in [0.5, 0.6) is 0 Å². The molecule has 0 spiro atoms. The number of rotatable bonds is 6. The minimum Gasteiger partial charge on any atom is -0.375 e. The third kappa shape index (κ3) is 3.46. The second-order valence-corrected chi connectivity index (χ2v) is 4.55. The number of aromatic amines is 1. The van der Waals surface area contributed by atoms with Gasteiger partial charge >= 0.3 is 0 Å². The Bertz CT molecular complexity index is 713. The zero-order valence-corrected chi connectivity index (χ0v) is 11.6. The second-order valence-electron chi connectivity index (χ2n) is 4.55. The number of ketones is 1. The van der Waals surface area contributed by atoms with Gasteiger partial charge in [-0.1, -0.05) is 0 Å². The summed E-state index contributed by atoms with van der Waals surface area (Å²) in [6, 6.07) is 6.70. The van der Waals surface area contributed by atoms with Gasteiger partial charge in [-0.3, -0.25) is 9.59 Å². The van der Waals surface area contributed by atoms with Crippen molar-refractivity contribution in [1.29, 1.82) is 5.26 Å². The number of aromatic nitrogens is 1. The van der Waals surface area contributed by atoms with Crippen molar-refractivity contribution in [1.82, 2.24) is 10.3 Å². The molecule has 6 nitrogen and oxygen atoms in total. The Hall–Kier alpha value is -2.65. The molecule has 0 saturated carbocycles. The van der Waals surface area contributed by atoms with Gasteiger partial charge in [-0.2, -0.15) is 5.26 Å². The van der Waals surface area contributed by atoms with Crippen LogP contribution in [0, 0.1) is 11.3 Å². The van der Waals surface area contributed by atoms with Gasteiger partial charge in [-0.05, 0) is 30.2 Å². The number of hydrogen-bond acceptors (Lipinski definition) is 4. The molecule has 1 aromatic carbocycles. The lowest BCUT2D eigenvalue weighted by molar-refractivity contribution is -0.124. The molecular weight excluding hydrogens is 270 g/mol. The maximum Gasteiger partial charge on any atom is 0.262 e. The molecule has 1 aromatic heterocycles. The highest BCUT2D eigenvalue weighted by Crippen LogP contribution is 2.20. The van der Waals surface area contributed by atoms with Crippen LogP contribution in [0.2, 0.25) is 0 Å². The van der Waals surface area contributed by atoms with Crippen molar-refractivity contribution >= 4 is 22.6 Å². The molecular formula is C15H15N3O3. The van der Waals surface area contributed by atoms with Crippen molar-refractivity contribution in [3.8, 4) is 6.07 Å². The van der Waals surface area contributed by atoms with E-state index >= 15 is 0 Å². The lowest BCUT2D eigenvalue weighted by Crippen LogP contribution is -2.28. The van der Waals surface area contributed by atoms with Crippen LogP contribution in [0.3, 0.4) is 0 Å². The number of methoxy groups -OCH3 is 1. The molecule has 0 aliphatic rings. The molecule has 0 unspecified atom stereocenters. The van der Waals surface area contributed by atoms with Gasteiger partial charge in [-0.15, -0.1) is 0 Å². The van der Waals surface area contributed by atoms with Crippen molar-refractivity contribution < 1.29 is 14.3 Å². The minimum absolute atomic E-state index is 0.0364. The van der Waals surface area contributed by atoms with Gasteiger partial charge in [-0.25, -0.2) is 0 Å². The van der Waals surface area contributed by atoms with Crippen LogP contribution in [0.4, 0.5) is 0 Å². The summed E-state index contributed by atoms with van der Waals surface area (Å²) < 4.78 is 4.73. The van der Waals surface area contributed by atoms with Crippen LogP contribution in [-0.2, 0) is 16.0 Å². The number of hydrogen-bond donors (Lipinski definition) is 2. The van der Waals surface area contributed by atoms with Crippen molar-refractivity contribution in [3.05, 3.63) is 35.5 Å². The highest BCUT2D eigenvalue weighted by molar-refractivity contribution is 6.09. The first-order valence-electron chi connectivity index (χ1n) is 6.45. The Labute approximate surface area is 121 Å². The van der Waals surface area contributed by atoms with Crippen LogP contribution in [-0.4, -0.2) is 36.9 Å². The molecule has 108 valence electrons. The van der Waals surface area contributed by atoms with Crippen LogP contribution < -0.4 is 5.32 Å². The summed E-state index contributed by atoms with van der Waals surface area (Å²) in [6.45, 7) is 0.514. The summed E-state index contributed by atoms with van der Waals surface area (Å²) in [5.74, 6) is -0.727. The van der Waals surface area contributed by atoms with Gasteiger partial charge in [0.15, 0.2) is 0 Å². The lowest BCUT2D eigenvalue weighted by atomic mass is 10.1. The molecule has 1 amide bonds. The fraction of sp³-hybridized carbons (Fsp3) is 0.267. The van der Waals surface area contributed by atoms with E-state index in [1.807, 2.05) is 6.20 Å². The van der Waals surface area contributed by atoms with Crippen LogP contribution in [0.15, 0.2) is 24.4 Å². The predicted molar refractivity (Wildman–Crippen MR) is 76.8 cm³/mol. The van der Waals surface area contributed by atoms with E-state index in [1.165, 1.54) is 7.11 Å². The fourth-order valence-electron chi connectivity index (χ4n) is 2.11. The van der Waals surface area contributed by atoms with Crippen LogP contribution >= 0.6 is 0 Å². The lowest BCUT2D eigenvalue weighted by Gasteiger charge is -2.04. The molecule has 2 N–H and O–H groups in total. The summed E-state index contributed by atoms with van der Waals surface area (Å²) >= 11 is 0. The van der Waals surface area contributed by atoms with E-state index in [0.29, 0.717) is 18.5 Å². The zero-order valence-electron chi connectivity index (χ0n) is 11.6. The number of fused-ring (bicyclic) bond motifs is 1. The number of benzene rings is 1. The number of nitriles is 1. The standard InChI is InChI=1S/C15H15N3O3/c1-21-9-15(20)17-5-4-11-8-18-13-3-2-10(6-12(11)13)14(19)7-16/h2-3,6,8,18H,4-5,9H2,1H3,(H,17,20). The van der Waals surface area contributed by atoms with E-state index in [0.717, 1.165) is 16.5 Å². The molecule has 0 aliphatic heterocycles. The first kappa shape index (κ1) is 14.8. The maximum absolute atomic E-state index is 11.4. The Balaban J connectivity index is 2.11. The molecule has 0 aliphatic carbocycles. The summed E-state index contributed by atoms with van der Waals surface area (Å²) in [5.41, 5.74) is 2.24. The topological polar surface area (TPSA) is 95.0 Å². The molecule has 2 rings (SSSR count). The van der Waals surface area contributed by atoms with Gasteiger partial charge in [0.25, 0.3) is 5.78 Å². The van der Waals surface area contributed by atoms with E-state index in [-0.39, 0.29) is 12.5 Å². The fourth-order valence-corrected chi connectivity index (χ4v) is 2.11. The molecule has 0 atom stereocenters. The third-order valence-corrected chi connectivity index (χ3v) is 3.12. The number of nitrogens with zero attached hydrogens (tertiary/aromatic N) is 1. The van der Waals surface area contributed by atoms with Gasteiger partial charge < -0.3 is 15.0 Å². The van der Waals surface area contributed by atoms with E-state index < -0.39 is 5.78 Å². The predicted octanol–water partition coefficient (Wildman–Crippen LogP) is 1.18. The highest BCUT2D eigenvalue weighted by Gasteiger charge is 2.09. The summed E-state index contributed by atoms with van der Waals surface area (Å²) in [6.07, 6.45) is 2.47. The molecule has 6 heteroatoms. The molecule has 0 bridgehead atoms. The van der Waals surface area contributed by atoms with Crippen molar-refractivity contribution in [2.45, 2.75) is 6.42 Å². The molecule has 0 fully saturated rings. The Kier molecular flexibility index (Phi) is 4.69. The smallest absolute Gasteiger partial charge is 0.262 e. The number of amides is 1. The van der Waals surface area contributed by atoms with Gasteiger partial charge in [0.05, 0.1) is 0 Å². The monoisotopic (exact) mass is 285 g/mol. The molecule has 1 heterocycles. The van der Waals surface area contributed by atoms with Crippen LogP contribution in [0.1, 0.15) is 15.9 Å². The van der Waals surface area contributed by atoms with Gasteiger partial charge in [0.1, 0.15) is 12.7 Å². The second kappa shape index (κ2) is 6.68. The van der Waals surface area contributed by atoms with Gasteiger partial charge in [0.2, 0.25) is 5.91 Å². The highest BCUT2D eigenvalue weighted by atomic mass is 16.5. The Morgan fingerprint density at radius 3 is 2.95 bits per heavy atom. The zero-order chi connectivity index (χ0) is 15.2. The molecule has 0 radical (unpaired) electrons. The number of H-pyrrole nitrogens is 1. The van der Waals surface area contributed by atoms with Crippen molar-refractivity contribution in [2.24, 2.45) is 0 Å². The van der Waals surface area contributed by atoms with Gasteiger partial charge in [0, 0.05) is 36.3 Å². The van der Waals surface area contributed by atoms with Crippen LogP contribution in [0.25, 0.3) is 10.9 Å². The first-order valence-corrected chi connectivity index (χ1v) is 6.45. The maximum atomic E-state index is 11.4. The summed E-state index contributed by atoms with van der Waals surface area (Å²) in [4.78, 5) is 25.8. The van der Waals surface area contributed by atoms with E-state index in [1.54, 1.807) is 24.3 Å². The van der Waals surface area contributed by atoms with E-state index in [2.05, 4.69) is 10.3 Å². The summed E-state index contributed by atoms with van der Waals surface area (Å²) in [7, 11) is 1.47. The van der Waals surface area contributed by atoms with Crippen molar-refractivity contribution in [2.75, 3.05) is 20.3 Å². The molecule has 21 heavy (non-hydrogen) atoms. The quantitative estimate of drug-likeness (QED) is 0.615. The van der Waals surface area contributed by atoms with E-state index in [9.17, 15) is 9.59 Å². The SMILES string of the molecule is COCC(=O)NCCc1c[nH]c2ccc(C(=O)C#N)cc12. The Morgan fingerprint density at radius 2 is 2.24 bits per heavy atom. The number of Topliss-reactive ketones (excluding diaryl/α,β-unsaturated/α-hetero) is 1. The number of carbonyl (C=O) groups is 2. The minimum atomic E-state index is -0.558. The third-order valence-electron chi connectivity index (χ3n) is 3.12. The summed E-state index contributed by atoms with van der Waals surface area (Å²) in [5, 5.41) is 12.3. The first-order chi connectivity index (χ1) is 10.2. The number of nitrogens with one attached hydrogen (secondary N) is 2. The Morgan fingerprint density at radius 1 is 1.43 bits per heavy atom. The van der Waals surface area contributed by atoms with Crippen molar-refractivity contribution in [3.63, 3.8) is 0 Å². The molecule has 0 saturated heterocycles. The average molecular weight is 285 g/mol.